The van der Waals surface area contributed by atoms with Crippen LogP contribution >= 0.6 is 27.3 Å². The Bertz CT molecular complexity index is 1200. The molecule has 0 unspecified atom stereocenters. The molecule has 150 valence electrons. The molecule has 1 saturated heterocycles. The molecule has 1 fully saturated rings. The zero-order chi connectivity index (χ0) is 20.3. The molecule has 5 rings (SSSR count). The lowest BCUT2D eigenvalue weighted by Crippen LogP contribution is -2.49. The molecule has 0 bridgehead atoms. The highest BCUT2D eigenvalue weighted by Crippen LogP contribution is 2.31. The Morgan fingerprint density at radius 2 is 2.07 bits per heavy atom. The second-order valence-electron chi connectivity index (χ2n) is 7.72. The van der Waals surface area contributed by atoms with Crippen molar-refractivity contribution in [2.75, 3.05) is 24.5 Å². The summed E-state index contributed by atoms with van der Waals surface area (Å²) >= 11 is 5.08. The first-order valence-corrected chi connectivity index (χ1v) is 11.1. The molecule has 0 aliphatic carbocycles. The van der Waals surface area contributed by atoms with Crippen molar-refractivity contribution in [2.45, 2.75) is 26.8 Å². The monoisotopic (exact) mass is 474 g/mol. The van der Waals surface area contributed by atoms with Gasteiger partial charge >= 0.3 is 0 Å². The Morgan fingerprint density at radius 3 is 2.83 bits per heavy atom. The van der Waals surface area contributed by atoms with E-state index in [-0.39, 0.29) is 17.2 Å². The van der Waals surface area contributed by atoms with Crippen molar-refractivity contribution in [3.05, 3.63) is 48.2 Å². The fourth-order valence-corrected chi connectivity index (χ4v) is 5.56. The minimum atomic E-state index is -0.341. The molecule has 1 amide bonds. The van der Waals surface area contributed by atoms with Crippen molar-refractivity contribution in [2.24, 2.45) is 5.92 Å². The van der Waals surface area contributed by atoms with Gasteiger partial charge in [-0.25, -0.2) is 9.97 Å². The first-order chi connectivity index (χ1) is 13.9. The van der Waals surface area contributed by atoms with Gasteiger partial charge in [-0.2, -0.15) is 4.52 Å². The van der Waals surface area contributed by atoms with E-state index < -0.39 is 0 Å². The smallest absolute Gasteiger partial charge is 0.275 e. The van der Waals surface area contributed by atoms with Crippen LogP contribution in [-0.4, -0.2) is 50.0 Å². The van der Waals surface area contributed by atoms with Gasteiger partial charge in [-0.15, -0.1) is 16.4 Å². The van der Waals surface area contributed by atoms with Crippen molar-refractivity contribution in [1.82, 2.24) is 24.5 Å². The van der Waals surface area contributed by atoms with Crippen LogP contribution in [0.2, 0.25) is 0 Å². The third-order valence-electron chi connectivity index (χ3n) is 5.39. The molecule has 0 atom stereocenters. The summed E-state index contributed by atoms with van der Waals surface area (Å²) in [5.74, 6) is 1.06. The summed E-state index contributed by atoms with van der Waals surface area (Å²) < 4.78 is 2.18. The van der Waals surface area contributed by atoms with Crippen molar-refractivity contribution < 1.29 is 4.79 Å². The lowest BCUT2D eigenvalue weighted by Gasteiger charge is -2.36. The van der Waals surface area contributed by atoms with Gasteiger partial charge in [0, 0.05) is 37.0 Å². The van der Waals surface area contributed by atoms with Gasteiger partial charge in [0.25, 0.3) is 11.5 Å². The normalized spacial score (nSPS) is 16.8. The molecule has 0 saturated carbocycles. The van der Waals surface area contributed by atoms with Gasteiger partial charge in [0.05, 0.1) is 12.2 Å². The van der Waals surface area contributed by atoms with Crippen LogP contribution in [0, 0.1) is 12.8 Å². The molecule has 2 aliphatic heterocycles. The highest BCUT2D eigenvalue weighted by molar-refractivity contribution is 9.11. The molecule has 10 heteroatoms. The third-order valence-corrected chi connectivity index (χ3v) is 6.92. The molecule has 0 N–H and O–H groups in total. The molecular weight excluding hydrogens is 456 g/mol. The number of fused-ring (bicyclic) bond motifs is 2. The molecular formula is C19H19BrN6O2S. The number of rotatable bonds is 2. The van der Waals surface area contributed by atoms with Gasteiger partial charge < -0.3 is 9.80 Å². The van der Waals surface area contributed by atoms with Crippen molar-refractivity contribution in [3.8, 4) is 0 Å². The number of nitrogens with zero attached hydrogens (tertiary/aromatic N) is 6. The Labute approximate surface area is 179 Å². The van der Waals surface area contributed by atoms with E-state index >= 15 is 0 Å². The number of aryl methyl sites for hydroxylation is 1. The van der Waals surface area contributed by atoms with E-state index in [0.717, 1.165) is 34.0 Å². The number of halogens is 1. The molecule has 3 aromatic heterocycles. The summed E-state index contributed by atoms with van der Waals surface area (Å²) in [4.78, 5) is 39.3. The summed E-state index contributed by atoms with van der Waals surface area (Å²) in [5.41, 5.74) is 2.29. The topological polar surface area (TPSA) is 83.7 Å². The minimum Gasteiger partial charge on any atom is -0.349 e. The molecule has 0 spiro atoms. The number of thiazole rings is 1. The minimum absolute atomic E-state index is 0.188. The summed E-state index contributed by atoms with van der Waals surface area (Å²) in [7, 11) is 0. The van der Waals surface area contributed by atoms with E-state index in [0.29, 0.717) is 31.2 Å². The third kappa shape index (κ3) is 3.24. The van der Waals surface area contributed by atoms with Gasteiger partial charge in [0.2, 0.25) is 0 Å². The van der Waals surface area contributed by atoms with Gasteiger partial charge in [-0.1, -0.05) is 6.92 Å². The summed E-state index contributed by atoms with van der Waals surface area (Å²) in [5, 5.41) is 4.58. The lowest BCUT2D eigenvalue weighted by atomic mass is 10.0. The molecule has 0 aromatic carbocycles. The number of carbonyl (C=O) groups excluding carboxylic acids is 1. The van der Waals surface area contributed by atoms with Gasteiger partial charge in [-0.3, -0.25) is 9.59 Å². The maximum Gasteiger partial charge on any atom is 0.275 e. The molecule has 8 nitrogen and oxygen atoms in total. The van der Waals surface area contributed by atoms with Crippen LogP contribution in [0.4, 0.5) is 5.82 Å². The summed E-state index contributed by atoms with van der Waals surface area (Å²) in [6, 6.07) is 3.12. The average Bonchev–Trinajstić information content (AvgIpc) is 3.03. The molecule has 3 aromatic rings. The van der Waals surface area contributed by atoms with Crippen LogP contribution in [0.5, 0.6) is 0 Å². The van der Waals surface area contributed by atoms with E-state index in [1.165, 1.54) is 15.5 Å². The Morgan fingerprint density at radius 1 is 1.28 bits per heavy atom. The van der Waals surface area contributed by atoms with E-state index in [9.17, 15) is 9.59 Å². The summed E-state index contributed by atoms with van der Waals surface area (Å²) in [6.45, 7) is 6.97. The fourth-order valence-electron chi connectivity index (χ4n) is 3.91. The number of anilines is 1. The number of hydrogen-bond acceptors (Lipinski definition) is 7. The van der Waals surface area contributed by atoms with Gasteiger partial charge in [-0.05, 0) is 40.4 Å². The van der Waals surface area contributed by atoms with E-state index in [1.54, 1.807) is 16.2 Å². The number of aromatic nitrogens is 4. The van der Waals surface area contributed by atoms with Gasteiger partial charge in [0.15, 0.2) is 15.4 Å². The van der Waals surface area contributed by atoms with Crippen LogP contribution in [0.15, 0.2) is 20.8 Å². The second kappa shape index (κ2) is 6.88. The van der Waals surface area contributed by atoms with Gasteiger partial charge in [0.1, 0.15) is 5.69 Å². The predicted molar refractivity (Wildman–Crippen MR) is 114 cm³/mol. The number of hydrogen-bond donors (Lipinski definition) is 0. The van der Waals surface area contributed by atoms with Crippen LogP contribution < -0.4 is 10.5 Å². The zero-order valence-electron chi connectivity index (χ0n) is 16.1. The molecule has 29 heavy (non-hydrogen) atoms. The van der Waals surface area contributed by atoms with Crippen LogP contribution in [0.25, 0.3) is 5.65 Å². The quantitative estimate of drug-likeness (QED) is 0.566. The van der Waals surface area contributed by atoms with Crippen LogP contribution in [0.1, 0.15) is 33.5 Å². The van der Waals surface area contributed by atoms with Crippen LogP contribution in [0.3, 0.4) is 0 Å². The highest BCUT2D eigenvalue weighted by Gasteiger charge is 2.29. The van der Waals surface area contributed by atoms with E-state index in [2.05, 4.69) is 42.8 Å². The standard InChI is InChI=1S/C19H19BrN6O2S/c1-10-7-25(8-10)18(28)13-6-16(27)26-15(21-13)5-11(2)17(23-26)24-4-3-12-14(9-24)29-19(20)22-12/h5-6,10H,3-4,7-9H2,1-2H3. The Balaban J connectivity index is 1.50. The SMILES string of the molecule is Cc1cc2nc(C(=O)N3CC(C)C3)cc(=O)n2nc1N1CCc2nc(Br)sc2C1. The second-order valence-corrected chi connectivity index (χ2v) is 10.1. The molecule has 5 heterocycles. The van der Waals surface area contributed by atoms with Crippen molar-refractivity contribution in [3.63, 3.8) is 0 Å². The highest BCUT2D eigenvalue weighted by atomic mass is 79.9. The van der Waals surface area contributed by atoms with Crippen LogP contribution in [-0.2, 0) is 13.0 Å². The van der Waals surface area contributed by atoms with E-state index in [4.69, 9.17) is 0 Å². The molecule has 2 aliphatic rings. The Kier molecular flexibility index (Phi) is 4.43. The lowest BCUT2D eigenvalue weighted by molar-refractivity contribution is 0.0524. The number of carbonyl (C=O) groups is 1. The zero-order valence-corrected chi connectivity index (χ0v) is 18.5. The van der Waals surface area contributed by atoms with E-state index in [1.807, 2.05) is 13.0 Å². The fraction of sp³-hybridized carbons (Fsp3) is 0.421. The maximum absolute atomic E-state index is 12.7. The molecule has 0 radical (unpaired) electrons. The first-order valence-electron chi connectivity index (χ1n) is 9.49. The average molecular weight is 475 g/mol. The van der Waals surface area contributed by atoms with Crippen molar-refractivity contribution in [1.29, 1.82) is 0 Å². The maximum atomic E-state index is 12.7. The summed E-state index contributed by atoms with van der Waals surface area (Å²) in [6.07, 6.45) is 0.839. The number of amides is 1. The van der Waals surface area contributed by atoms with Crippen molar-refractivity contribution >= 4 is 44.6 Å². The first kappa shape index (κ1) is 18.7. The Hall–Kier alpha value is -2.33. The predicted octanol–water partition coefficient (Wildman–Crippen LogP) is 2.27. The largest absolute Gasteiger partial charge is 0.349 e. The number of likely N-dealkylation sites (tertiary alicyclic amines) is 1.